The fourth-order valence-electron chi connectivity index (χ4n) is 2.35. The molecule has 4 nitrogen and oxygen atoms in total. The number of rotatable bonds is 7. The lowest BCUT2D eigenvalue weighted by atomic mass is 9.94. The predicted octanol–water partition coefficient (Wildman–Crippen LogP) is 3.11. The zero-order chi connectivity index (χ0) is 15.3. The Morgan fingerprint density at radius 2 is 1.65 bits per heavy atom. The van der Waals surface area contributed by atoms with E-state index in [1.807, 2.05) is 0 Å². The van der Waals surface area contributed by atoms with Crippen molar-refractivity contribution in [2.45, 2.75) is 46.5 Å². The Labute approximate surface area is 119 Å². The van der Waals surface area contributed by atoms with E-state index >= 15 is 0 Å². The van der Waals surface area contributed by atoms with E-state index in [-0.39, 0.29) is 6.42 Å². The molecular weight excluding hydrogens is 256 g/mol. The van der Waals surface area contributed by atoms with Gasteiger partial charge in [-0.15, -0.1) is 0 Å². The maximum absolute atomic E-state index is 11.0. The highest BCUT2D eigenvalue weighted by molar-refractivity contribution is 5.77. The summed E-state index contributed by atoms with van der Waals surface area (Å²) in [7, 11) is 0. The molecule has 110 valence electrons. The third-order valence-electron chi connectivity index (χ3n) is 3.78. The lowest BCUT2D eigenvalue weighted by molar-refractivity contribution is -0.148. The van der Waals surface area contributed by atoms with E-state index in [0.717, 1.165) is 6.42 Å². The van der Waals surface area contributed by atoms with Gasteiger partial charge in [-0.2, -0.15) is 0 Å². The van der Waals surface area contributed by atoms with Gasteiger partial charge < -0.3 is 10.2 Å². The Morgan fingerprint density at radius 1 is 1.10 bits per heavy atom. The average molecular weight is 278 g/mol. The van der Waals surface area contributed by atoms with Crippen molar-refractivity contribution < 1.29 is 19.8 Å². The van der Waals surface area contributed by atoms with Gasteiger partial charge in [0.05, 0.1) is 12.3 Å². The van der Waals surface area contributed by atoms with Crippen molar-refractivity contribution in [1.29, 1.82) is 0 Å². The van der Waals surface area contributed by atoms with E-state index < -0.39 is 17.9 Å². The monoisotopic (exact) mass is 278 g/mol. The van der Waals surface area contributed by atoms with Gasteiger partial charge in [0.25, 0.3) is 0 Å². The van der Waals surface area contributed by atoms with Crippen LogP contribution in [0.2, 0.25) is 0 Å². The van der Waals surface area contributed by atoms with Crippen LogP contribution in [0.4, 0.5) is 0 Å². The normalized spacial score (nSPS) is 12.2. The third-order valence-corrected chi connectivity index (χ3v) is 3.78. The van der Waals surface area contributed by atoms with E-state index in [1.165, 1.54) is 22.3 Å². The van der Waals surface area contributed by atoms with E-state index in [2.05, 4.69) is 32.9 Å². The molecule has 0 saturated carbocycles. The lowest BCUT2D eigenvalue weighted by Crippen LogP contribution is -2.18. The Morgan fingerprint density at radius 3 is 2.10 bits per heavy atom. The summed E-state index contributed by atoms with van der Waals surface area (Å²) in [5.74, 6) is -2.87. The van der Waals surface area contributed by atoms with Crippen LogP contribution in [0.15, 0.2) is 12.1 Å². The van der Waals surface area contributed by atoms with Crippen LogP contribution in [-0.4, -0.2) is 22.2 Å². The summed E-state index contributed by atoms with van der Waals surface area (Å²) in [6, 6.07) is 4.24. The molecule has 20 heavy (non-hydrogen) atoms. The molecule has 0 amide bonds. The van der Waals surface area contributed by atoms with Gasteiger partial charge in [0.2, 0.25) is 0 Å². The second-order valence-corrected chi connectivity index (χ2v) is 5.38. The number of aryl methyl sites for hydroxylation is 3. The Balaban J connectivity index is 2.59. The first-order chi connectivity index (χ1) is 9.31. The maximum Gasteiger partial charge on any atom is 0.307 e. The Hall–Kier alpha value is -1.84. The summed E-state index contributed by atoms with van der Waals surface area (Å²) < 4.78 is 0. The minimum absolute atomic E-state index is 0.304. The molecule has 0 aliphatic rings. The molecule has 1 rings (SSSR count). The van der Waals surface area contributed by atoms with Gasteiger partial charge in [0.1, 0.15) is 0 Å². The van der Waals surface area contributed by atoms with Gasteiger partial charge in [0, 0.05) is 0 Å². The van der Waals surface area contributed by atoms with Gasteiger partial charge >= 0.3 is 11.9 Å². The number of hydrogen-bond donors (Lipinski definition) is 2. The minimum Gasteiger partial charge on any atom is -0.481 e. The molecule has 4 heteroatoms. The summed E-state index contributed by atoms with van der Waals surface area (Å²) in [4.78, 5) is 21.6. The van der Waals surface area contributed by atoms with Crippen molar-refractivity contribution in [2.75, 3.05) is 0 Å². The molecular formula is C16H22O4. The van der Waals surface area contributed by atoms with Crippen LogP contribution in [0, 0.1) is 26.7 Å². The molecule has 0 spiro atoms. The number of aliphatic carboxylic acids is 2. The topological polar surface area (TPSA) is 74.6 Å². The summed E-state index contributed by atoms with van der Waals surface area (Å²) in [6.07, 6.45) is 1.56. The fraction of sp³-hybridized carbons (Fsp3) is 0.500. The zero-order valence-corrected chi connectivity index (χ0v) is 12.3. The van der Waals surface area contributed by atoms with Crippen LogP contribution in [0.25, 0.3) is 0 Å². The number of carboxylic acid groups (broad SMARTS) is 2. The van der Waals surface area contributed by atoms with Crippen LogP contribution in [0.1, 0.15) is 41.5 Å². The lowest BCUT2D eigenvalue weighted by Gasteiger charge is -2.11. The molecule has 0 aliphatic heterocycles. The molecule has 0 heterocycles. The van der Waals surface area contributed by atoms with E-state index in [4.69, 9.17) is 10.2 Å². The standard InChI is InChI=1S/C16H22O4/c1-10-7-13(8-11(2)12(10)3)5-4-6-14(16(19)20)9-15(17)18/h7-8,14H,4-6,9H2,1-3H3,(H,17,18)(H,19,20). The fourth-order valence-corrected chi connectivity index (χ4v) is 2.35. The maximum atomic E-state index is 11.0. The van der Waals surface area contributed by atoms with Gasteiger partial charge in [0.15, 0.2) is 0 Å². The molecule has 1 atom stereocenters. The van der Waals surface area contributed by atoms with Crippen molar-refractivity contribution in [1.82, 2.24) is 0 Å². The SMILES string of the molecule is Cc1cc(CCCC(CC(=O)O)C(=O)O)cc(C)c1C. The van der Waals surface area contributed by atoms with Gasteiger partial charge in [-0.05, 0) is 62.3 Å². The van der Waals surface area contributed by atoms with Crippen molar-refractivity contribution in [2.24, 2.45) is 5.92 Å². The number of benzene rings is 1. The highest BCUT2D eigenvalue weighted by Crippen LogP contribution is 2.19. The van der Waals surface area contributed by atoms with Gasteiger partial charge in [-0.1, -0.05) is 12.1 Å². The van der Waals surface area contributed by atoms with Crippen LogP contribution >= 0.6 is 0 Å². The van der Waals surface area contributed by atoms with Crippen LogP contribution in [-0.2, 0) is 16.0 Å². The first-order valence-corrected chi connectivity index (χ1v) is 6.82. The van der Waals surface area contributed by atoms with Crippen molar-refractivity contribution in [3.8, 4) is 0 Å². The summed E-state index contributed by atoms with van der Waals surface area (Å²) >= 11 is 0. The van der Waals surface area contributed by atoms with Crippen molar-refractivity contribution in [3.05, 3.63) is 34.4 Å². The van der Waals surface area contributed by atoms with Crippen LogP contribution in [0.5, 0.6) is 0 Å². The Kier molecular flexibility index (Phi) is 5.74. The Bertz CT molecular complexity index is 482. The molecule has 2 N–H and O–H groups in total. The van der Waals surface area contributed by atoms with E-state index in [1.54, 1.807) is 0 Å². The van der Waals surface area contributed by atoms with E-state index in [9.17, 15) is 9.59 Å². The van der Waals surface area contributed by atoms with Gasteiger partial charge in [-0.25, -0.2) is 0 Å². The molecule has 1 aromatic rings. The summed E-state index contributed by atoms with van der Waals surface area (Å²) in [5.41, 5.74) is 4.94. The molecule has 0 radical (unpaired) electrons. The first kappa shape index (κ1) is 16.2. The summed E-state index contributed by atoms with van der Waals surface area (Å²) in [5, 5.41) is 17.7. The van der Waals surface area contributed by atoms with Crippen LogP contribution < -0.4 is 0 Å². The molecule has 1 unspecified atom stereocenters. The molecule has 0 aromatic heterocycles. The highest BCUT2D eigenvalue weighted by Gasteiger charge is 2.20. The summed E-state index contributed by atoms with van der Waals surface area (Å²) in [6.45, 7) is 6.22. The van der Waals surface area contributed by atoms with Crippen LogP contribution in [0.3, 0.4) is 0 Å². The number of carboxylic acids is 2. The zero-order valence-electron chi connectivity index (χ0n) is 12.3. The van der Waals surface area contributed by atoms with Crippen molar-refractivity contribution >= 4 is 11.9 Å². The largest absolute Gasteiger partial charge is 0.481 e. The second kappa shape index (κ2) is 7.08. The molecule has 1 aromatic carbocycles. The third kappa shape index (κ3) is 4.68. The first-order valence-electron chi connectivity index (χ1n) is 6.82. The van der Waals surface area contributed by atoms with Gasteiger partial charge in [-0.3, -0.25) is 9.59 Å². The number of hydrogen-bond acceptors (Lipinski definition) is 2. The minimum atomic E-state index is -1.06. The molecule has 0 saturated heterocycles. The van der Waals surface area contributed by atoms with E-state index in [0.29, 0.717) is 12.8 Å². The molecule has 0 aliphatic carbocycles. The quantitative estimate of drug-likeness (QED) is 0.803. The predicted molar refractivity (Wildman–Crippen MR) is 77.0 cm³/mol. The smallest absolute Gasteiger partial charge is 0.307 e. The molecule has 0 fully saturated rings. The highest BCUT2D eigenvalue weighted by atomic mass is 16.4. The number of carbonyl (C=O) groups is 2. The average Bonchev–Trinajstić information content (AvgIpc) is 2.34. The second-order valence-electron chi connectivity index (χ2n) is 5.38. The van der Waals surface area contributed by atoms with Crippen molar-refractivity contribution in [3.63, 3.8) is 0 Å². The molecule has 0 bridgehead atoms.